The molecule has 124 valence electrons. The minimum Gasteiger partial charge on any atom is -0.440 e. The van der Waals surface area contributed by atoms with Crippen molar-refractivity contribution in [3.8, 4) is 0 Å². The van der Waals surface area contributed by atoms with Crippen molar-refractivity contribution in [3.05, 3.63) is 29.1 Å². The van der Waals surface area contributed by atoms with Gasteiger partial charge in [-0.15, -0.1) is 0 Å². The quantitative estimate of drug-likeness (QED) is 0.852. The van der Waals surface area contributed by atoms with Crippen molar-refractivity contribution >= 4 is 28.6 Å². The number of nitrogens with one attached hydrogen (secondary N) is 1. The number of rotatable bonds is 5. The Hall–Kier alpha value is -1.59. The van der Waals surface area contributed by atoms with Gasteiger partial charge in [0.15, 0.2) is 11.5 Å². The lowest BCUT2D eigenvalue weighted by Crippen LogP contribution is -2.38. The fourth-order valence-corrected chi connectivity index (χ4v) is 3.21. The fourth-order valence-electron chi connectivity index (χ4n) is 3.04. The Balaban J connectivity index is 1.58. The molecule has 1 aliphatic rings. The molecule has 1 aromatic heterocycles. The molecule has 0 atom stereocenters. The lowest BCUT2D eigenvalue weighted by atomic mass is 9.96. The van der Waals surface area contributed by atoms with Crippen LogP contribution in [0.3, 0.4) is 0 Å². The van der Waals surface area contributed by atoms with E-state index in [0.29, 0.717) is 11.4 Å². The number of aromatic nitrogens is 1. The van der Waals surface area contributed by atoms with Gasteiger partial charge < -0.3 is 14.6 Å². The first kappa shape index (κ1) is 16.3. The van der Waals surface area contributed by atoms with Crippen LogP contribution in [0.25, 0.3) is 11.1 Å². The van der Waals surface area contributed by atoms with Gasteiger partial charge in [0.25, 0.3) is 0 Å². The van der Waals surface area contributed by atoms with Crippen LogP contribution < -0.4 is 5.32 Å². The average molecular weight is 336 g/mol. The van der Waals surface area contributed by atoms with Gasteiger partial charge in [0, 0.05) is 30.5 Å². The van der Waals surface area contributed by atoms with Crippen LogP contribution in [-0.2, 0) is 4.79 Å². The van der Waals surface area contributed by atoms with Crippen LogP contribution in [0.1, 0.15) is 37.5 Å². The molecule has 0 bridgehead atoms. The third-order valence-electron chi connectivity index (χ3n) is 4.38. The van der Waals surface area contributed by atoms with Crippen LogP contribution >= 0.6 is 11.6 Å². The van der Waals surface area contributed by atoms with Crippen molar-refractivity contribution in [2.75, 3.05) is 26.7 Å². The molecule has 23 heavy (non-hydrogen) atoms. The lowest BCUT2D eigenvalue weighted by Gasteiger charge is -2.30. The molecule has 0 unspecified atom stereocenters. The molecule has 0 radical (unpaired) electrons. The Labute approximate surface area is 141 Å². The molecule has 5 nitrogen and oxygen atoms in total. The number of piperidine rings is 1. The summed E-state index contributed by atoms with van der Waals surface area (Å²) in [5.41, 5.74) is 1.58. The van der Waals surface area contributed by atoms with E-state index in [-0.39, 0.29) is 11.8 Å². The number of hydrogen-bond acceptors (Lipinski definition) is 4. The van der Waals surface area contributed by atoms with Gasteiger partial charge >= 0.3 is 0 Å². The standard InChI is InChI=1S/C17H22ClN3O2/c1-19-8-2-3-16(22)21-9-6-12(7-10-21)17-20-14-11-13(18)4-5-15(14)23-17/h4-5,11-12,19H,2-3,6-10H2,1H3. The Morgan fingerprint density at radius 1 is 1.43 bits per heavy atom. The van der Waals surface area contributed by atoms with Crippen LogP contribution in [0.15, 0.2) is 22.6 Å². The highest BCUT2D eigenvalue weighted by Crippen LogP contribution is 2.31. The molecule has 1 N–H and O–H groups in total. The molecular weight excluding hydrogens is 314 g/mol. The van der Waals surface area contributed by atoms with Gasteiger partial charge in [0.05, 0.1) is 0 Å². The Bertz CT molecular complexity index is 678. The summed E-state index contributed by atoms with van der Waals surface area (Å²) in [7, 11) is 1.91. The number of likely N-dealkylation sites (tertiary alicyclic amines) is 1. The van der Waals surface area contributed by atoms with Crippen molar-refractivity contribution in [3.63, 3.8) is 0 Å². The predicted molar refractivity (Wildman–Crippen MR) is 90.7 cm³/mol. The van der Waals surface area contributed by atoms with Crippen LogP contribution in [0, 0.1) is 0 Å². The lowest BCUT2D eigenvalue weighted by molar-refractivity contribution is -0.132. The van der Waals surface area contributed by atoms with E-state index in [4.69, 9.17) is 16.0 Å². The zero-order valence-electron chi connectivity index (χ0n) is 13.3. The number of hydrogen-bond donors (Lipinski definition) is 1. The first-order valence-electron chi connectivity index (χ1n) is 8.15. The van der Waals surface area contributed by atoms with Gasteiger partial charge in [-0.3, -0.25) is 4.79 Å². The molecule has 0 saturated carbocycles. The van der Waals surface area contributed by atoms with Gasteiger partial charge in [-0.25, -0.2) is 4.98 Å². The minimum absolute atomic E-state index is 0.253. The van der Waals surface area contributed by atoms with E-state index in [1.807, 2.05) is 30.1 Å². The highest BCUT2D eigenvalue weighted by atomic mass is 35.5. The van der Waals surface area contributed by atoms with E-state index in [9.17, 15) is 4.79 Å². The maximum atomic E-state index is 12.1. The molecule has 0 spiro atoms. The first-order valence-corrected chi connectivity index (χ1v) is 8.53. The molecule has 3 rings (SSSR count). The van der Waals surface area contributed by atoms with Crippen molar-refractivity contribution in [2.24, 2.45) is 0 Å². The Morgan fingerprint density at radius 3 is 2.96 bits per heavy atom. The largest absolute Gasteiger partial charge is 0.440 e. The second-order valence-corrected chi connectivity index (χ2v) is 6.46. The highest BCUT2D eigenvalue weighted by Gasteiger charge is 2.26. The van der Waals surface area contributed by atoms with Crippen LogP contribution in [0.2, 0.25) is 5.02 Å². The summed E-state index contributed by atoms with van der Waals surface area (Å²) >= 11 is 5.99. The van der Waals surface area contributed by atoms with Gasteiger partial charge in [0.1, 0.15) is 5.52 Å². The van der Waals surface area contributed by atoms with Crippen molar-refractivity contribution in [2.45, 2.75) is 31.6 Å². The first-order chi connectivity index (χ1) is 11.2. The zero-order valence-corrected chi connectivity index (χ0v) is 14.1. The molecule has 6 heteroatoms. The maximum Gasteiger partial charge on any atom is 0.222 e. The molecule has 0 aliphatic carbocycles. The van der Waals surface area contributed by atoms with Gasteiger partial charge in [-0.05, 0) is 51.1 Å². The minimum atomic E-state index is 0.253. The van der Waals surface area contributed by atoms with Crippen molar-refractivity contribution in [1.29, 1.82) is 0 Å². The molecule has 1 saturated heterocycles. The van der Waals surface area contributed by atoms with Crippen molar-refractivity contribution in [1.82, 2.24) is 15.2 Å². The van der Waals surface area contributed by atoms with E-state index in [2.05, 4.69) is 10.3 Å². The highest BCUT2D eigenvalue weighted by molar-refractivity contribution is 6.31. The monoisotopic (exact) mass is 335 g/mol. The Morgan fingerprint density at radius 2 is 2.22 bits per heavy atom. The van der Waals surface area contributed by atoms with E-state index >= 15 is 0 Å². The summed E-state index contributed by atoms with van der Waals surface area (Å²) in [6.07, 6.45) is 3.31. The van der Waals surface area contributed by atoms with Gasteiger partial charge in [-0.1, -0.05) is 11.6 Å². The summed E-state index contributed by atoms with van der Waals surface area (Å²) in [6.45, 7) is 2.44. The van der Waals surface area contributed by atoms with E-state index in [1.165, 1.54) is 0 Å². The smallest absolute Gasteiger partial charge is 0.222 e. The number of nitrogens with zero attached hydrogens (tertiary/aromatic N) is 2. The molecule has 2 aromatic rings. The van der Waals surface area contributed by atoms with E-state index in [0.717, 1.165) is 55.9 Å². The molecule has 1 fully saturated rings. The van der Waals surface area contributed by atoms with Gasteiger partial charge in [-0.2, -0.15) is 0 Å². The molecule has 1 amide bonds. The predicted octanol–water partition coefficient (Wildman–Crippen LogP) is 3.19. The number of carbonyl (C=O) groups is 1. The number of halogens is 1. The SMILES string of the molecule is CNCCCC(=O)N1CCC(c2nc3cc(Cl)ccc3o2)CC1. The number of benzene rings is 1. The second-order valence-electron chi connectivity index (χ2n) is 6.03. The number of fused-ring (bicyclic) bond motifs is 1. The maximum absolute atomic E-state index is 12.1. The fraction of sp³-hybridized carbons (Fsp3) is 0.529. The molecule has 2 heterocycles. The average Bonchev–Trinajstić information content (AvgIpc) is 2.98. The summed E-state index contributed by atoms with van der Waals surface area (Å²) in [5.74, 6) is 1.30. The van der Waals surface area contributed by atoms with Gasteiger partial charge in [0.2, 0.25) is 5.91 Å². The molecule has 1 aliphatic heterocycles. The van der Waals surface area contributed by atoms with E-state index in [1.54, 1.807) is 0 Å². The third-order valence-corrected chi connectivity index (χ3v) is 4.62. The summed E-state index contributed by atoms with van der Waals surface area (Å²) < 4.78 is 5.86. The molecule has 1 aromatic carbocycles. The topological polar surface area (TPSA) is 58.4 Å². The molecular formula is C17H22ClN3O2. The Kier molecular flexibility index (Phi) is 5.18. The number of amides is 1. The van der Waals surface area contributed by atoms with Crippen molar-refractivity contribution < 1.29 is 9.21 Å². The zero-order chi connectivity index (χ0) is 16.2. The normalized spacial score (nSPS) is 16.2. The van der Waals surface area contributed by atoms with Crippen LogP contribution in [0.5, 0.6) is 0 Å². The van der Waals surface area contributed by atoms with E-state index < -0.39 is 0 Å². The van der Waals surface area contributed by atoms with Crippen LogP contribution in [0.4, 0.5) is 0 Å². The summed E-state index contributed by atoms with van der Waals surface area (Å²) in [5, 5.41) is 3.74. The van der Waals surface area contributed by atoms with Crippen LogP contribution in [-0.4, -0.2) is 42.5 Å². The summed E-state index contributed by atoms with van der Waals surface area (Å²) in [4.78, 5) is 18.7. The number of carbonyl (C=O) groups excluding carboxylic acids is 1. The second kappa shape index (κ2) is 7.32. The third kappa shape index (κ3) is 3.85. The number of oxazole rings is 1. The summed E-state index contributed by atoms with van der Waals surface area (Å²) in [6, 6.07) is 5.49.